The molecule has 2 aliphatic rings. The van der Waals surface area contributed by atoms with Crippen molar-refractivity contribution in [2.75, 3.05) is 18.0 Å². The summed E-state index contributed by atoms with van der Waals surface area (Å²) in [6.45, 7) is 4.26. The predicted octanol–water partition coefficient (Wildman–Crippen LogP) is 6.32. The molecule has 1 saturated carbocycles. The third-order valence-corrected chi connectivity index (χ3v) is 8.54. The van der Waals surface area contributed by atoms with Gasteiger partial charge in [0.2, 0.25) is 6.34 Å². The van der Waals surface area contributed by atoms with Gasteiger partial charge in [0, 0.05) is 4.83 Å². The van der Waals surface area contributed by atoms with Crippen LogP contribution < -0.4 is 17.3 Å². The molecule has 2 aromatic rings. The smallest absolute Gasteiger partial charge is 0.244 e. The Balaban J connectivity index is 0.000000244. The first-order chi connectivity index (χ1) is 15.6. The minimum Gasteiger partial charge on any atom is -1.00 e. The van der Waals surface area contributed by atoms with E-state index in [1.54, 1.807) is 0 Å². The summed E-state index contributed by atoms with van der Waals surface area (Å²) < 4.78 is 4.52. The summed E-state index contributed by atoms with van der Waals surface area (Å²) in [5.74, 6) is 1.07. The number of benzene rings is 2. The second kappa shape index (κ2) is 15.6. The Labute approximate surface area is 232 Å². The molecule has 6 heteroatoms. The maximum atomic E-state index is 3.81. The number of hydrogen-bond acceptors (Lipinski definition) is 1. The lowest BCUT2D eigenvalue weighted by Gasteiger charge is -2.27. The van der Waals surface area contributed by atoms with E-state index in [1.165, 1.54) is 69.2 Å². The van der Waals surface area contributed by atoms with Crippen LogP contribution in [0.1, 0.15) is 64.7 Å². The first-order valence-electron chi connectivity index (χ1n) is 12.1. The van der Waals surface area contributed by atoms with Crippen LogP contribution in [0.4, 0.5) is 11.4 Å². The molecule has 1 aliphatic carbocycles. The highest BCUT2D eigenvalue weighted by Crippen LogP contribution is 2.33. The van der Waals surface area contributed by atoms with Gasteiger partial charge in [0.1, 0.15) is 24.5 Å². The molecule has 33 heavy (non-hydrogen) atoms. The van der Waals surface area contributed by atoms with E-state index in [0.717, 1.165) is 32.8 Å². The number of rotatable bonds is 9. The summed E-state index contributed by atoms with van der Waals surface area (Å²) in [4.78, 5) is 3.08. The average molecular weight is 664 g/mol. The quantitative estimate of drug-likeness (QED) is 0.173. The van der Waals surface area contributed by atoms with Crippen molar-refractivity contribution in [2.45, 2.75) is 69.5 Å². The molecule has 0 amide bonds. The molecule has 0 radical (unpaired) electrons. The maximum Gasteiger partial charge on any atom is 0.244 e. The number of para-hydroxylation sites is 2. The maximum absolute atomic E-state index is 3.81. The van der Waals surface area contributed by atoms with Crippen LogP contribution in [-0.2, 0) is 0 Å². The summed E-state index contributed by atoms with van der Waals surface area (Å²) in [6, 6.07) is 16.6. The van der Waals surface area contributed by atoms with E-state index in [9.17, 15) is 0 Å². The standard InChI is InChI=1S/C15H13Br2N2.C12H23Br.ClH/c16-12-5-1-3-7-14(12)18-9-10-19(11-18)15-8-4-2-6-13(15)17;1-2-3-4-5-9-12(13)10-11-7-6-8-11;/h1-8,11H,9-10H2;11-12H,2-10H2,1H3;1H/q+1;;/p-1. The van der Waals surface area contributed by atoms with Gasteiger partial charge in [-0.2, -0.15) is 0 Å². The van der Waals surface area contributed by atoms with Crippen molar-refractivity contribution < 1.29 is 17.0 Å². The Morgan fingerprint density at radius 1 is 0.970 bits per heavy atom. The molecular weight excluding hydrogens is 627 g/mol. The van der Waals surface area contributed by atoms with Gasteiger partial charge in [-0.3, -0.25) is 0 Å². The predicted molar refractivity (Wildman–Crippen MR) is 150 cm³/mol. The van der Waals surface area contributed by atoms with Crippen LogP contribution in [-0.4, -0.2) is 28.8 Å². The Kier molecular flexibility index (Phi) is 13.6. The van der Waals surface area contributed by atoms with Crippen LogP contribution in [0.25, 0.3) is 0 Å². The van der Waals surface area contributed by atoms with Crippen LogP contribution in [0.2, 0.25) is 0 Å². The van der Waals surface area contributed by atoms with Gasteiger partial charge in [-0.05, 0) is 74.9 Å². The number of unbranched alkanes of at least 4 members (excludes halogenated alkanes) is 3. The second-order valence-corrected chi connectivity index (χ2v) is 11.9. The van der Waals surface area contributed by atoms with E-state index in [2.05, 4.69) is 107 Å². The molecule has 0 bridgehead atoms. The van der Waals surface area contributed by atoms with E-state index in [4.69, 9.17) is 0 Å². The van der Waals surface area contributed by atoms with Gasteiger partial charge < -0.3 is 12.4 Å². The van der Waals surface area contributed by atoms with Gasteiger partial charge in [-0.25, -0.2) is 9.48 Å². The summed E-state index contributed by atoms with van der Waals surface area (Å²) >= 11 is 11.0. The van der Waals surface area contributed by atoms with Crippen molar-refractivity contribution in [1.82, 2.24) is 0 Å². The average Bonchev–Trinajstić information content (AvgIpc) is 3.25. The number of nitrogens with zero attached hydrogens (tertiary/aromatic N) is 2. The van der Waals surface area contributed by atoms with E-state index in [0.29, 0.717) is 0 Å². The second-order valence-electron chi connectivity index (χ2n) is 8.88. The highest BCUT2D eigenvalue weighted by molar-refractivity contribution is 9.11. The number of halogens is 4. The first-order valence-corrected chi connectivity index (χ1v) is 14.6. The van der Waals surface area contributed by atoms with E-state index >= 15 is 0 Å². The molecular formula is C27H36Br3ClN2. The van der Waals surface area contributed by atoms with Crippen LogP contribution in [0.3, 0.4) is 0 Å². The van der Waals surface area contributed by atoms with Crippen LogP contribution >= 0.6 is 47.8 Å². The Morgan fingerprint density at radius 2 is 1.67 bits per heavy atom. The number of hydrogen-bond donors (Lipinski definition) is 0. The highest BCUT2D eigenvalue weighted by Gasteiger charge is 2.24. The monoisotopic (exact) mass is 660 g/mol. The fraction of sp³-hybridized carbons (Fsp3) is 0.519. The lowest BCUT2D eigenvalue weighted by molar-refractivity contribution is -0.424. The van der Waals surface area contributed by atoms with Crippen molar-refractivity contribution in [3.05, 3.63) is 57.5 Å². The lowest BCUT2D eigenvalue weighted by Crippen LogP contribution is -3.00. The number of alkyl halides is 1. The van der Waals surface area contributed by atoms with Crippen LogP contribution in [0.15, 0.2) is 57.5 Å². The minimum absolute atomic E-state index is 0. The van der Waals surface area contributed by atoms with Crippen molar-refractivity contribution in [2.24, 2.45) is 5.92 Å². The van der Waals surface area contributed by atoms with Crippen molar-refractivity contribution in [3.63, 3.8) is 0 Å². The molecule has 0 saturated heterocycles. The molecule has 0 N–H and O–H groups in total. The number of anilines is 1. The fourth-order valence-electron chi connectivity index (χ4n) is 4.23. The topological polar surface area (TPSA) is 6.25 Å². The molecule has 182 valence electrons. The first kappa shape index (κ1) is 28.9. The van der Waals surface area contributed by atoms with Gasteiger partial charge in [0.25, 0.3) is 0 Å². The zero-order valence-corrected chi connectivity index (χ0v) is 25.0. The van der Waals surface area contributed by atoms with Gasteiger partial charge in [0.15, 0.2) is 0 Å². The van der Waals surface area contributed by atoms with Gasteiger partial charge in [0.05, 0.1) is 8.95 Å². The van der Waals surface area contributed by atoms with Crippen molar-refractivity contribution >= 4 is 65.5 Å². The third-order valence-electron chi connectivity index (χ3n) is 6.37. The molecule has 1 fully saturated rings. The normalized spacial score (nSPS) is 16.2. The molecule has 2 aromatic carbocycles. The van der Waals surface area contributed by atoms with E-state index in [1.807, 2.05) is 12.1 Å². The van der Waals surface area contributed by atoms with Crippen LogP contribution in [0.5, 0.6) is 0 Å². The highest BCUT2D eigenvalue weighted by atomic mass is 79.9. The lowest BCUT2D eigenvalue weighted by atomic mass is 9.81. The minimum atomic E-state index is 0. The molecule has 0 spiro atoms. The molecule has 1 aliphatic heterocycles. The molecule has 1 unspecified atom stereocenters. The summed E-state index contributed by atoms with van der Waals surface area (Å²) in [5.41, 5.74) is 2.41. The SMILES string of the molecule is Brc1ccccc1N1C=[N+](c2ccccc2Br)CC1.CCCCCCC(Br)CC1CCC1.[Cl-]. The Bertz CT molecular complexity index is 870. The van der Waals surface area contributed by atoms with Crippen molar-refractivity contribution in [1.29, 1.82) is 0 Å². The summed E-state index contributed by atoms with van der Waals surface area (Å²) in [6.07, 6.45) is 15.1. The van der Waals surface area contributed by atoms with Crippen molar-refractivity contribution in [3.8, 4) is 0 Å². The largest absolute Gasteiger partial charge is 1.00 e. The van der Waals surface area contributed by atoms with Crippen LogP contribution in [0, 0.1) is 5.92 Å². The fourth-order valence-corrected chi connectivity index (χ4v) is 6.11. The Hall–Kier alpha value is -0.360. The van der Waals surface area contributed by atoms with Gasteiger partial charge in [-0.15, -0.1) is 0 Å². The molecule has 0 aromatic heterocycles. The molecule has 1 atom stereocenters. The third kappa shape index (κ3) is 9.31. The van der Waals surface area contributed by atoms with E-state index < -0.39 is 0 Å². The molecule has 4 rings (SSSR count). The van der Waals surface area contributed by atoms with E-state index in [-0.39, 0.29) is 12.4 Å². The van der Waals surface area contributed by atoms with Gasteiger partial charge >= 0.3 is 0 Å². The zero-order valence-electron chi connectivity index (χ0n) is 19.5. The summed E-state index contributed by atoms with van der Waals surface area (Å²) in [5, 5.41) is 0. The summed E-state index contributed by atoms with van der Waals surface area (Å²) in [7, 11) is 0. The molecule has 2 nitrogen and oxygen atoms in total. The molecule has 1 heterocycles. The zero-order chi connectivity index (χ0) is 22.8. The van der Waals surface area contributed by atoms with Gasteiger partial charge in [-0.1, -0.05) is 92.1 Å². The Morgan fingerprint density at radius 3 is 2.30 bits per heavy atom.